The van der Waals surface area contributed by atoms with Crippen LogP contribution in [0.15, 0.2) is 12.1 Å². The van der Waals surface area contributed by atoms with E-state index in [1.165, 1.54) is 5.56 Å². The van der Waals surface area contributed by atoms with Crippen LogP contribution < -0.4 is 0 Å². The summed E-state index contributed by atoms with van der Waals surface area (Å²) in [5.41, 5.74) is 2.81. The summed E-state index contributed by atoms with van der Waals surface area (Å²) in [6.45, 7) is 16.5. The Morgan fingerprint density at radius 2 is 1.38 bits per heavy atom. The topological polar surface area (TPSA) is 57.5 Å². The molecule has 0 amide bonds. The van der Waals surface area contributed by atoms with Crippen molar-refractivity contribution < 1.29 is 15.0 Å². The molecular weight excluding hydrogens is 300 g/mol. The summed E-state index contributed by atoms with van der Waals surface area (Å²) >= 11 is 0. The molecule has 0 aliphatic rings. The Labute approximate surface area is 147 Å². The third kappa shape index (κ3) is 4.99. The van der Waals surface area contributed by atoms with Crippen LogP contribution in [0, 0.1) is 5.92 Å². The van der Waals surface area contributed by atoms with Crippen LogP contribution in [0.3, 0.4) is 0 Å². The third-order valence-corrected chi connectivity index (χ3v) is 4.77. The Morgan fingerprint density at radius 1 is 0.958 bits per heavy atom. The number of aromatic hydroxyl groups is 1. The summed E-state index contributed by atoms with van der Waals surface area (Å²) in [7, 11) is 0. The molecule has 1 aromatic rings. The number of hydrogen-bond donors (Lipinski definition) is 2. The fraction of sp³-hybridized carbons (Fsp3) is 0.667. The summed E-state index contributed by atoms with van der Waals surface area (Å²) in [4.78, 5) is 11.0. The van der Waals surface area contributed by atoms with E-state index < -0.39 is 5.97 Å². The number of phenolic OH excluding ortho intramolecular Hbond substituents is 1. The zero-order valence-electron chi connectivity index (χ0n) is 16.5. The first-order valence-electron chi connectivity index (χ1n) is 8.85. The first-order valence-corrected chi connectivity index (χ1v) is 8.85. The predicted octanol–water partition coefficient (Wildman–Crippen LogP) is 5.59. The molecule has 3 heteroatoms. The van der Waals surface area contributed by atoms with E-state index in [4.69, 9.17) is 5.11 Å². The van der Waals surface area contributed by atoms with E-state index in [0.717, 1.165) is 17.5 Å². The van der Waals surface area contributed by atoms with Crippen molar-refractivity contribution in [3.8, 4) is 5.75 Å². The van der Waals surface area contributed by atoms with Gasteiger partial charge in [-0.3, -0.25) is 4.79 Å². The Morgan fingerprint density at radius 3 is 1.71 bits per heavy atom. The number of carboxylic acids is 1. The highest BCUT2D eigenvalue weighted by Crippen LogP contribution is 2.41. The first-order chi connectivity index (χ1) is 10.7. The number of carbonyl (C=O) groups is 1. The maximum absolute atomic E-state index is 11.0. The van der Waals surface area contributed by atoms with E-state index in [-0.39, 0.29) is 22.7 Å². The molecule has 0 saturated carbocycles. The Kier molecular flexibility index (Phi) is 6.13. The second-order valence-electron chi connectivity index (χ2n) is 9.18. The van der Waals surface area contributed by atoms with Gasteiger partial charge in [0.1, 0.15) is 5.75 Å². The van der Waals surface area contributed by atoms with Gasteiger partial charge in [-0.1, -0.05) is 67.5 Å². The van der Waals surface area contributed by atoms with Crippen molar-refractivity contribution in [1.82, 2.24) is 0 Å². The molecule has 0 aliphatic carbocycles. The summed E-state index contributed by atoms with van der Waals surface area (Å²) in [5.74, 6) is -0.410. The fourth-order valence-electron chi connectivity index (χ4n) is 2.87. The lowest BCUT2D eigenvalue weighted by atomic mass is 9.76. The molecule has 24 heavy (non-hydrogen) atoms. The molecule has 0 bridgehead atoms. The zero-order chi connectivity index (χ0) is 18.9. The SMILES string of the molecule is CC(CCC(C)c1cc(C(C)(C)C)c(O)c(C(C)(C)C)c1)C(=O)O. The molecule has 0 fully saturated rings. The van der Waals surface area contributed by atoms with Gasteiger partial charge >= 0.3 is 5.97 Å². The maximum atomic E-state index is 11.0. The van der Waals surface area contributed by atoms with Gasteiger partial charge in [-0.2, -0.15) is 0 Å². The van der Waals surface area contributed by atoms with Crippen LogP contribution in [0.1, 0.15) is 90.8 Å². The largest absolute Gasteiger partial charge is 0.507 e. The minimum atomic E-state index is -0.737. The van der Waals surface area contributed by atoms with Gasteiger partial charge in [-0.05, 0) is 46.3 Å². The van der Waals surface area contributed by atoms with Crippen LogP contribution >= 0.6 is 0 Å². The second-order valence-corrected chi connectivity index (χ2v) is 9.18. The Bertz CT molecular complexity index is 553. The second kappa shape index (κ2) is 7.16. The number of phenols is 1. The normalized spacial score (nSPS) is 15.2. The van der Waals surface area contributed by atoms with Gasteiger partial charge in [0, 0.05) is 0 Å². The van der Waals surface area contributed by atoms with Crippen molar-refractivity contribution in [2.75, 3.05) is 0 Å². The molecule has 1 rings (SSSR count). The van der Waals surface area contributed by atoms with E-state index in [0.29, 0.717) is 12.2 Å². The fourth-order valence-corrected chi connectivity index (χ4v) is 2.87. The lowest BCUT2D eigenvalue weighted by molar-refractivity contribution is -0.141. The van der Waals surface area contributed by atoms with Crippen LogP contribution in [0.25, 0.3) is 0 Å². The van der Waals surface area contributed by atoms with Crippen molar-refractivity contribution >= 4 is 5.97 Å². The van der Waals surface area contributed by atoms with Crippen molar-refractivity contribution in [2.45, 2.75) is 85.0 Å². The van der Waals surface area contributed by atoms with Crippen LogP contribution in [-0.2, 0) is 15.6 Å². The van der Waals surface area contributed by atoms with Crippen molar-refractivity contribution in [1.29, 1.82) is 0 Å². The molecule has 0 radical (unpaired) electrons. The van der Waals surface area contributed by atoms with Crippen LogP contribution in [0.4, 0.5) is 0 Å². The van der Waals surface area contributed by atoms with E-state index in [9.17, 15) is 9.90 Å². The monoisotopic (exact) mass is 334 g/mol. The lowest BCUT2D eigenvalue weighted by Crippen LogP contribution is -2.18. The minimum Gasteiger partial charge on any atom is -0.507 e. The third-order valence-electron chi connectivity index (χ3n) is 4.77. The predicted molar refractivity (Wildman–Crippen MR) is 100.0 cm³/mol. The number of aliphatic carboxylic acids is 1. The molecule has 2 N–H and O–H groups in total. The van der Waals surface area contributed by atoms with Crippen molar-refractivity contribution in [3.63, 3.8) is 0 Å². The van der Waals surface area contributed by atoms with Crippen LogP contribution in [0.2, 0.25) is 0 Å². The van der Waals surface area contributed by atoms with E-state index in [1.54, 1.807) is 6.92 Å². The van der Waals surface area contributed by atoms with Crippen LogP contribution in [-0.4, -0.2) is 16.2 Å². The van der Waals surface area contributed by atoms with Crippen LogP contribution in [0.5, 0.6) is 5.75 Å². The molecule has 0 saturated heterocycles. The summed E-state index contributed by atoms with van der Waals surface area (Å²) < 4.78 is 0. The quantitative estimate of drug-likeness (QED) is 0.737. The molecule has 3 nitrogen and oxygen atoms in total. The first kappa shape index (κ1) is 20.5. The lowest BCUT2D eigenvalue weighted by Gasteiger charge is -2.29. The highest BCUT2D eigenvalue weighted by Gasteiger charge is 2.27. The Balaban J connectivity index is 3.26. The van der Waals surface area contributed by atoms with Gasteiger partial charge in [-0.25, -0.2) is 0 Å². The maximum Gasteiger partial charge on any atom is 0.306 e. The molecular formula is C21H34O3. The summed E-state index contributed by atoms with van der Waals surface area (Å²) in [5, 5.41) is 19.8. The molecule has 136 valence electrons. The molecule has 2 unspecified atom stereocenters. The number of rotatable bonds is 5. The number of benzene rings is 1. The average Bonchev–Trinajstić information content (AvgIpc) is 2.41. The average molecular weight is 335 g/mol. The van der Waals surface area contributed by atoms with Gasteiger partial charge in [-0.15, -0.1) is 0 Å². The van der Waals surface area contributed by atoms with E-state index in [2.05, 4.69) is 60.6 Å². The molecule has 0 heterocycles. The van der Waals surface area contributed by atoms with Gasteiger partial charge in [0.2, 0.25) is 0 Å². The Hall–Kier alpha value is -1.51. The van der Waals surface area contributed by atoms with E-state index in [1.807, 2.05) is 0 Å². The van der Waals surface area contributed by atoms with Gasteiger partial charge in [0.25, 0.3) is 0 Å². The zero-order valence-corrected chi connectivity index (χ0v) is 16.5. The molecule has 0 aromatic heterocycles. The molecule has 0 aliphatic heterocycles. The minimum absolute atomic E-state index is 0.145. The summed E-state index contributed by atoms with van der Waals surface area (Å²) in [6.07, 6.45) is 1.48. The molecule has 0 spiro atoms. The number of hydrogen-bond acceptors (Lipinski definition) is 2. The van der Waals surface area contributed by atoms with Gasteiger partial charge < -0.3 is 10.2 Å². The molecule has 1 aromatic carbocycles. The smallest absolute Gasteiger partial charge is 0.306 e. The summed E-state index contributed by atoms with van der Waals surface area (Å²) in [6, 6.07) is 4.20. The highest BCUT2D eigenvalue weighted by molar-refractivity contribution is 5.69. The van der Waals surface area contributed by atoms with E-state index >= 15 is 0 Å². The standard InChI is InChI=1S/C21H34O3/c1-13(9-10-14(2)19(23)24)15-11-16(20(3,4)5)18(22)17(12-15)21(6,7)8/h11-14,22H,9-10H2,1-8H3,(H,23,24). The van der Waals surface area contributed by atoms with Crippen molar-refractivity contribution in [2.24, 2.45) is 5.92 Å². The van der Waals surface area contributed by atoms with Gasteiger partial charge in [0.15, 0.2) is 0 Å². The molecule has 2 atom stereocenters. The van der Waals surface area contributed by atoms with Gasteiger partial charge in [0.05, 0.1) is 5.92 Å². The highest BCUT2D eigenvalue weighted by atomic mass is 16.4. The number of carboxylic acid groups (broad SMARTS) is 1. The van der Waals surface area contributed by atoms with Crippen molar-refractivity contribution in [3.05, 3.63) is 28.8 Å².